The Labute approximate surface area is 243 Å². The highest BCUT2D eigenvalue weighted by molar-refractivity contribution is 7.99. The number of rotatable bonds is 9. The minimum Gasteiger partial charge on any atom is -0.489 e. The maximum absolute atomic E-state index is 13.2. The molecule has 0 spiro atoms. The van der Waals surface area contributed by atoms with E-state index in [-0.39, 0.29) is 5.91 Å². The quantitative estimate of drug-likeness (QED) is 0.220. The van der Waals surface area contributed by atoms with Crippen molar-refractivity contribution in [2.75, 3.05) is 12.9 Å². The minimum atomic E-state index is -0.812. The highest BCUT2D eigenvalue weighted by atomic mass is 35.5. The van der Waals surface area contributed by atoms with E-state index in [1.165, 1.54) is 7.11 Å². The van der Waals surface area contributed by atoms with Gasteiger partial charge in [0.25, 0.3) is 0 Å². The Morgan fingerprint density at radius 3 is 2.35 bits per heavy atom. The summed E-state index contributed by atoms with van der Waals surface area (Å²) >= 11 is 7.63. The number of benzene rings is 4. The molecule has 0 saturated heterocycles. The molecule has 1 aliphatic rings. The minimum absolute atomic E-state index is 0.279. The van der Waals surface area contributed by atoms with Crippen molar-refractivity contribution in [3.05, 3.63) is 124 Å². The second-order valence-corrected chi connectivity index (χ2v) is 10.8. The van der Waals surface area contributed by atoms with Crippen LogP contribution in [0.25, 0.3) is 17.2 Å². The lowest BCUT2D eigenvalue weighted by atomic mass is 10.0. The molecule has 0 bridgehead atoms. The number of fused-ring (bicyclic) bond motifs is 1. The predicted molar refractivity (Wildman–Crippen MR) is 160 cm³/mol. The van der Waals surface area contributed by atoms with E-state index in [0.29, 0.717) is 29.4 Å². The SMILES string of the molecule is COC(=O)[C@H](Cc1ccc(OCc2ccccc2)cc1)NC(=O)C1=Cc2ccc(-c3ccc(Cl)cc3)cc2SC1. The van der Waals surface area contributed by atoms with Crippen LogP contribution < -0.4 is 10.1 Å². The molecule has 202 valence electrons. The topological polar surface area (TPSA) is 64.6 Å². The number of hydrogen-bond acceptors (Lipinski definition) is 5. The average Bonchev–Trinajstić information content (AvgIpc) is 3.00. The van der Waals surface area contributed by atoms with Gasteiger partial charge in [-0.3, -0.25) is 4.79 Å². The molecule has 1 aliphatic heterocycles. The fourth-order valence-corrected chi connectivity index (χ4v) is 5.56. The maximum Gasteiger partial charge on any atom is 0.328 e. The molecule has 40 heavy (non-hydrogen) atoms. The number of ether oxygens (including phenoxy) is 2. The molecule has 0 radical (unpaired) electrons. The first-order chi connectivity index (χ1) is 19.5. The number of carbonyl (C=O) groups excluding carboxylic acids is 2. The average molecular weight is 570 g/mol. The number of amides is 1. The van der Waals surface area contributed by atoms with Gasteiger partial charge in [-0.1, -0.05) is 78.3 Å². The molecule has 4 aromatic rings. The third-order valence-electron chi connectivity index (χ3n) is 6.60. The van der Waals surface area contributed by atoms with Crippen LogP contribution in [-0.2, 0) is 27.4 Å². The van der Waals surface area contributed by atoms with Gasteiger partial charge in [0.15, 0.2) is 0 Å². The first-order valence-electron chi connectivity index (χ1n) is 12.9. The Bertz CT molecular complexity index is 1520. The number of esters is 1. The van der Waals surface area contributed by atoms with Crippen molar-refractivity contribution in [2.24, 2.45) is 0 Å². The van der Waals surface area contributed by atoms with E-state index in [0.717, 1.165) is 38.5 Å². The highest BCUT2D eigenvalue weighted by Crippen LogP contribution is 2.35. The van der Waals surface area contributed by atoms with Crippen LogP contribution in [0.3, 0.4) is 0 Å². The summed E-state index contributed by atoms with van der Waals surface area (Å²) < 4.78 is 10.8. The standard InChI is InChI=1S/C33H28ClNO4S/c1-38-33(37)30(17-22-7-15-29(16-8-22)39-20-23-5-3-2-4-6-23)35-32(36)27-18-26-10-9-25(19-31(26)40-21-27)24-11-13-28(34)14-12-24/h2-16,18-19,30H,17,20-21H2,1H3,(H,35,36)/t30-/m0/s1. The van der Waals surface area contributed by atoms with Crippen molar-refractivity contribution >= 4 is 41.3 Å². The lowest BCUT2D eigenvalue weighted by Crippen LogP contribution is -2.44. The van der Waals surface area contributed by atoms with Crippen LogP contribution in [-0.4, -0.2) is 30.8 Å². The lowest BCUT2D eigenvalue weighted by Gasteiger charge is -2.20. The van der Waals surface area contributed by atoms with Crippen LogP contribution in [0.4, 0.5) is 0 Å². The van der Waals surface area contributed by atoms with Crippen LogP contribution in [0.5, 0.6) is 5.75 Å². The van der Waals surface area contributed by atoms with Gasteiger partial charge in [-0.05, 0) is 64.2 Å². The fourth-order valence-electron chi connectivity index (χ4n) is 4.40. The molecule has 0 aliphatic carbocycles. The van der Waals surface area contributed by atoms with Crippen LogP contribution in [0.2, 0.25) is 5.02 Å². The largest absolute Gasteiger partial charge is 0.489 e. The first-order valence-corrected chi connectivity index (χ1v) is 14.2. The Morgan fingerprint density at radius 1 is 0.900 bits per heavy atom. The molecule has 1 atom stereocenters. The predicted octanol–water partition coefficient (Wildman–Crippen LogP) is 6.98. The Balaban J connectivity index is 1.23. The van der Waals surface area contributed by atoms with Crippen LogP contribution in [0, 0.1) is 0 Å². The van der Waals surface area contributed by atoms with Gasteiger partial charge in [-0.15, -0.1) is 11.8 Å². The zero-order valence-electron chi connectivity index (χ0n) is 21.9. The van der Waals surface area contributed by atoms with Gasteiger partial charge in [-0.2, -0.15) is 0 Å². The van der Waals surface area contributed by atoms with E-state index in [1.807, 2.05) is 97.1 Å². The third-order valence-corrected chi connectivity index (χ3v) is 7.97. The Hall–Kier alpha value is -4.00. The molecule has 0 saturated carbocycles. The smallest absolute Gasteiger partial charge is 0.328 e. The van der Waals surface area contributed by atoms with E-state index < -0.39 is 12.0 Å². The lowest BCUT2D eigenvalue weighted by molar-refractivity contribution is -0.144. The van der Waals surface area contributed by atoms with E-state index in [1.54, 1.807) is 11.8 Å². The summed E-state index contributed by atoms with van der Waals surface area (Å²) in [7, 11) is 1.33. The van der Waals surface area contributed by atoms with Gasteiger partial charge in [0.1, 0.15) is 18.4 Å². The molecule has 1 N–H and O–H groups in total. The summed E-state index contributed by atoms with van der Waals surface area (Å²) in [5.41, 5.74) is 5.72. The molecular formula is C33H28ClNO4S. The van der Waals surface area contributed by atoms with Crippen LogP contribution in [0.15, 0.2) is 108 Å². The van der Waals surface area contributed by atoms with Crippen molar-refractivity contribution in [3.8, 4) is 16.9 Å². The van der Waals surface area contributed by atoms with Gasteiger partial charge in [-0.25, -0.2) is 4.79 Å². The van der Waals surface area contributed by atoms with Gasteiger partial charge in [0.2, 0.25) is 5.91 Å². The second kappa shape index (κ2) is 12.9. The van der Waals surface area contributed by atoms with E-state index in [9.17, 15) is 9.59 Å². The zero-order valence-corrected chi connectivity index (χ0v) is 23.5. The molecule has 4 aromatic carbocycles. The number of thioether (sulfide) groups is 1. The molecule has 0 aromatic heterocycles. The molecule has 1 heterocycles. The maximum atomic E-state index is 13.2. The molecule has 7 heteroatoms. The molecule has 5 nitrogen and oxygen atoms in total. The molecule has 1 amide bonds. The number of methoxy groups -OCH3 is 1. The summed E-state index contributed by atoms with van der Waals surface area (Å²) in [5.74, 6) is 0.464. The summed E-state index contributed by atoms with van der Waals surface area (Å²) in [6.45, 7) is 0.472. The van der Waals surface area contributed by atoms with Crippen molar-refractivity contribution in [3.63, 3.8) is 0 Å². The fraction of sp³-hybridized carbons (Fsp3) is 0.152. The Kier molecular flexibility index (Phi) is 8.89. The summed E-state index contributed by atoms with van der Waals surface area (Å²) in [6, 6.07) is 30.5. The Morgan fingerprint density at radius 2 is 1.62 bits per heavy atom. The number of nitrogens with one attached hydrogen (secondary N) is 1. The molecular weight excluding hydrogens is 542 g/mol. The van der Waals surface area contributed by atoms with E-state index in [4.69, 9.17) is 21.1 Å². The summed E-state index contributed by atoms with van der Waals surface area (Å²) in [4.78, 5) is 26.8. The molecule has 0 unspecified atom stereocenters. The molecule has 5 rings (SSSR count). The highest BCUT2D eigenvalue weighted by Gasteiger charge is 2.25. The second-order valence-electron chi connectivity index (χ2n) is 9.39. The van der Waals surface area contributed by atoms with Crippen LogP contribution >= 0.6 is 23.4 Å². The number of carbonyl (C=O) groups is 2. The van der Waals surface area contributed by atoms with Gasteiger partial charge < -0.3 is 14.8 Å². The van der Waals surface area contributed by atoms with Gasteiger partial charge >= 0.3 is 5.97 Å². The monoisotopic (exact) mass is 569 g/mol. The van der Waals surface area contributed by atoms with Crippen molar-refractivity contribution < 1.29 is 19.1 Å². The van der Waals surface area contributed by atoms with Gasteiger partial charge in [0.05, 0.1) is 7.11 Å². The van der Waals surface area contributed by atoms with E-state index >= 15 is 0 Å². The summed E-state index contributed by atoms with van der Waals surface area (Å²) in [5, 5.41) is 3.58. The van der Waals surface area contributed by atoms with Crippen molar-refractivity contribution in [1.82, 2.24) is 5.32 Å². The van der Waals surface area contributed by atoms with Crippen molar-refractivity contribution in [2.45, 2.75) is 24.0 Å². The normalized spacial score (nSPS) is 13.0. The zero-order chi connectivity index (χ0) is 27.9. The number of halogens is 1. The van der Waals surface area contributed by atoms with Crippen LogP contribution in [0.1, 0.15) is 16.7 Å². The third kappa shape index (κ3) is 6.95. The first kappa shape index (κ1) is 27.6. The van der Waals surface area contributed by atoms with E-state index in [2.05, 4.69) is 11.4 Å². The number of hydrogen-bond donors (Lipinski definition) is 1. The van der Waals surface area contributed by atoms with Gasteiger partial charge in [0, 0.05) is 27.7 Å². The van der Waals surface area contributed by atoms with Crippen molar-refractivity contribution in [1.29, 1.82) is 0 Å². The summed E-state index contributed by atoms with van der Waals surface area (Å²) in [6.07, 6.45) is 2.19. The molecule has 0 fully saturated rings.